The number of pyridine rings is 1. The average Bonchev–Trinajstić information content (AvgIpc) is 2.85. The van der Waals surface area contributed by atoms with E-state index in [0.29, 0.717) is 6.04 Å². The molecule has 0 radical (unpaired) electrons. The van der Waals surface area contributed by atoms with Crippen LogP contribution in [0.15, 0.2) is 36.5 Å². The molecule has 3 unspecified atom stereocenters. The summed E-state index contributed by atoms with van der Waals surface area (Å²) < 4.78 is 0. The zero-order valence-corrected chi connectivity index (χ0v) is 11.0. The van der Waals surface area contributed by atoms with Crippen LogP contribution in [0.1, 0.15) is 12.8 Å². The van der Waals surface area contributed by atoms with Gasteiger partial charge in [0.05, 0.1) is 5.52 Å². The van der Waals surface area contributed by atoms with Crippen LogP contribution >= 0.6 is 0 Å². The number of fused-ring (bicyclic) bond motifs is 3. The van der Waals surface area contributed by atoms with Crippen LogP contribution in [0.3, 0.4) is 0 Å². The fraction of sp³-hybridized carbons (Fsp3) is 0.438. The normalized spacial score (nSPS) is 29.6. The first kappa shape index (κ1) is 11.2. The summed E-state index contributed by atoms with van der Waals surface area (Å²) in [7, 11) is 0. The van der Waals surface area contributed by atoms with Gasteiger partial charge in [-0.2, -0.15) is 0 Å². The Kier molecular flexibility index (Phi) is 2.66. The van der Waals surface area contributed by atoms with Crippen molar-refractivity contribution >= 4 is 16.6 Å². The van der Waals surface area contributed by atoms with Gasteiger partial charge in [0.2, 0.25) is 0 Å². The molecule has 1 aromatic heterocycles. The smallest absolute Gasteiger partial charge is 0.0703 e. The highest BCUT2D eigenvalue weighted by molar-refractivity contribution is 5.82. The first-order valence-corrected chi connectivity index (χ1v) is 7.22. The van der Waals surface area contributed by atoms with Gasteiger partial charge in [-0.1, -0.05) is 6.07 Å². The number of nitrogens with one attached hydrogen (secondary N) is 1. The molecule has 2 bridgehead atoms. The van der Waals surface area contributed by atoms with E-state index in [-0.39, 0.29) is 0 Å². The molecule has 1 N–H and O–H groups in total. The maximum atomic E-state index is 4.37. The second-order valence-electron chi connectivity index (χ2n) is 5.80. The van der Waals surface area contributed by atoms with E-state index in [2.05, 4.69) is 39.5 Å². The largest absolute Gasteiger partial charge is 0.382 e. The lowest BCUT2D eigenvalue weighted by atomic mass is 9.94. The quantitative estimate of drug-likeness (QED) is 0.892. The summed E-state index contributed by atoms with van der Waals surface area (Å²) in [6.45, 7) is 3.83. The molecule has 3 heteroatoms. The minimum absolute atomic E-state index is 0.646. The van der Waals surface area contributed by atoms with Gasteiger partial charge in [0, 0.05) is 36.4 Å². The number of aromatic nitrogens is 1. The maximum Gasteiger partial charge on any atom is 0.0703 e. The Morgan fingerprint density at radius 3 is 3.11 bits per heavy atom. The molecule has 0 amide bonds. The standard InChI is InChI=1S/C16H19N3/c1-2-12-10-14(3-4-15(12)17-7-1)18-16-6-9-19-8-5-13(16)11-19/h1-4,7,10,13,16,18H,5-6,8-9,11H2. The van der Waals surface area contributed by atoms with Crippen LogP contribution in [-0.4, -0.2) is 35.6 Å². The molecule has 0 saturated carbocycles. The fourth-order valence-electron chi connectivity index (χ4n) is 3.52. The second-order valence-corrected chi connectivity index (χ2v) is 5.80. The summed E-state index contributed by atoms with van der Waals surface area (Å²) in [6, 6.07) is 11.3. The highest BCUT2D eigenvalue weighted by atomic mass is 15.2. The molecule has 4 rings (SSSR count). The first-order valence-electron chi connectivity index (χ1n) is 7.22. The summed E-state index contributed by atoms with van der Waals surface area (Å²) in [6.07, 6.45) is 4.48. The van der Waals surface area contributed by atoms with Gasteiger partial charge in [-0.25, -0.2) is 0 Å². The number of piperidine rings is 1. The molecule has 0 spiro atoms. The summed E-state index contributed by atoms with van der Waals surface area (Å²) in [5, 5.41) is 4.97. The van der Waals surface area contributed by atoms with Gasteiger partial charge < -0.3 is 10.2 Å². The molecule has 2 aliphatic rings. The van der Waals surface area contributed by atoms with Crippen LogP contribution in [0.2, 0.25) is 0 Å². The molecule has 1 aromatic carbocycles. The van der Waals surface area contributed by atoms with Crippen molar-refractivity contribution in [1.82, 2.24) is 9.88 Å². The van der Waals surface area contributed by atoms with E-state index in [1.54, 1.807) is 0 Å². The zero-order chi connectivity index (χ0) is 12.7. The first-order chi connectivity index (χ1) is 9.38. The lowest BCUT2D eigenvalue weighted by molar-refractivity contribution is 0.255. The van der Waals surface area contributed by atoms with Crippen LogP contribution < -0.4 is 5.32 Å². The van der Waals surface area contributed by atoms with Crippen LogP contribution in [-0.2, 0) is 0 Å². The molecular weight excluding hydrogens is 234 g/mol. The Morgan fingerprint density at radius 2 is 2.11 bits per heavy atom. The third-order valence-corrected chi connectivity index (χ3v) is 4.59. The molecule has 2 saturated heterocycles. The van der Waals surface area contributed by atoms with Gasteiger partial charge in [0.25, 0.3) is 0 Å². The van der Waals surface area contributed by atoms with E-state index in [0.717, 1.165) is 11.4 Å². The maximum absolute atomic E-state index is 4.37. The molecule has 0 aliphatic carbocycles. The van der Waals surface area contributed by atoms with Crippen molar-refractivity contribution in [3.8, 4) is 0 Å². The number of hydrogen-bond donors (Lipinski definition) is 1. The number of hydrogen-bond acceptors (Lipinski definition) is 3. The molecule has 3 heterocycles. The molecular formula is C16H19N3. The number of benzene rings is 1. The molecule has 2 aliphatic heterocycles. The van der Waals surface area contributed by atoms with Crippen molar-refractivity contribution in [2.45, 2.75) is 18.9 Å². The third kappa shape index (κ3) is 2.08. The van der Waals surface area contributed by atoms with Crippen LogP contribution in [0.5, 0.6) is 0 Å². The summed E-state index contributed by atoms with van der Waals surface area (Å²) in [5.74, 6) is 0.832. The minimum atomic E-state index is 0.646. The lowest BCUT2D eigenvalue weighted by Gasteiger charge is -2.31. The third-order valence-electron chi connectivity index (χ3n) is 4.59. The second kappa shape index (κ2) is 4.49. The van der Waals surface area contributed by atoms with E-state index in [9.17, 15) is 0 Å². The van der Waals surface area contributed by atoms with Crippen molar-refractivity contribution < 1.29 is 0 Å². The average molecular weight is 253 g/mol. The Bertz CT molecular complexity index is 595. The van der Waals surface area contributed by atoms with Crippen molar-refractivity contribution in [2.24, 2.45) is 5.92 Å². The van der Waals surface area contributed by atoms with E-state index < -0.39 is 0 Å². The topological polar surface area (TPSA) is 28.2 Å². The molecule has 98 valence electrons. The van der Waals surface area contributed by atoms with Gasteiger partial charge in [-0.15, -0.1) is 0 Å². The zero-order valence-electron chi connectivity index (χ0n) is 11.0. The van der Waals surface area contributed by atoms with Crippen molar-refractivity contribution in [3.05, 3.63) is 36.5 Å². The Balaban J connectivity index is 1.57. The van der Waals surface area contributed by atoms with E-state index in [1.165, 1.54) is 43.5 Å². The highest BCUT2D eigenvalue weighted by Gasteiger charge is 2.33. The van der Waals surface area contributed by atoms with Crippen molar-refractivity contribution in [3.63, 3.8) is 0 Å². The van der Waals surface area contributed by atoms with Gasteiger partial charge in [-0.3, -0.25) is 4.98 Å². The Morgan fingerprint density at radius 1 is 1.16 bits per heavy atom. The van der Waals surface area contributed by atoms with Crippen LogP contribution in [0.25, 0.3) is 10.9 Å². The fourth-order valence-corrected chi connectivity index (χ4v) is 3.52. The van der Waals surface area contributed by atoms with Gasteiger partial charge in [0.1, 0.15) is 0 Å². The van der Waals surface area contributed by atoms with E-state index in [4.69, 9.17) is 0 Å². The predicted octanol–water partition coefficient (Wildman–Crippen LogP) is 2.74. The van der Waals surface area contributed by atoms with Crippen molar-refractivity contribution in [1.29, 1.82) is 0 Å². The Labute approximate surface area is 113 Å². The summed E-state index contributed by atoms with van der Waals surface area (Å²) >= 11 is 0. The molecule has 3 atom stereocenters. The lowest BCUT2D eigenvalue weighted by Crippen LogP contribution is -2.39. The molecule has 3 nitrogen and oxygen atoms in total. The monoisotopic (exact) mass is 253 g/mol. The minimum Gasteiger partial charge on any atom is -0.382 e. The van der Waals surface area contributed by atoms with Gasteiger partial charge >= 0.3 is 0 Å². The van der Waals surface area contributed by atoms with Crippen molar-refractivity contribution in [2.75, 3.05) is 25.0 Å². The van der Waals surface area contributed by atoms with Crippen LogP contribution in [0, 0.1) is 5.92 Å². The number of anilines is 1. The SMILES string of the molecule is c1cnc2ccc(NC3CCN4CCC3C4)cc2c1. The molecule has 19 heavy (non-hydrogen) atoms. The van der Waals surface area contributed by atoms with E-state index in [1.807, 2.05) is 12.3 Å². The Hall–Kier alpha value is -1.61. The summed E-state index contributed by atoms with van der Waals surface area (Å²) in [5.41, 5.74) is 2.31. The van der Waals surface area contributed by atoms with Gasteiger partial charge in [-0.05, 0) is 49.6 Å². The van der Waals surface area contributed by atoms with E-state index >= 15 is 0 Å². The predicted molar refractivity (Wildman–Crippen MR) is 78.3 cm³/mol. The van der Waals surface area contributed by atoms with Gasteiger partial charge in [0.15, 0.2) is 0 Å². The number of rotatable bonds is 2. The van der Waals surface area contributed by atoms with Crippen LogP contribution in [0.4, 0.5) is 5.69 Å². The summed E-state index contributed by atoms with van der Waals surface area (Å²) in [4.78, 5) is 6.96. The number of nitrogens with zero attached hydrogens (tertiary/aromatic N) is 2. The molecule has 2 aromatic rings. The highest BCUT2D eigenvalue weighted by Crippen LogP contribution is 2.30. The molecule has 2 fully saturated rings.